The van der Waals surface area contributed by atoms with Crippen LogP contribution in [0.4, 0.5) is 0 Å². The molecule has 0 saturated carbocycles. The molecule has 0 saturated heterocycles. The van der Waals surface area contributed by atoms with Crippen LogP contribution in [-0.2, 0) is 14.0 Å². The molecule has 0 aliphatic heterocycles. The number of amides is 1. The van der Waals surface area contributed by atoms with Crippen LogP contribution in [0.15, 0.2) is 0 Å². The zero-order valence-corrected chi connectivity index (χ0v) is 5.46. The van der Waals surface area contributed by atoms with Crippen molar-refractivity contribution in [3.63, 3.8) is 0 Å². The predicted molar refractivity (Wildman–Crippen MR) is 30.1 cm³/mol. The molecule has 0 heterocycles. The highest BCUT2D eigenvalue weighted by atomic mass is 36.0. The van der Waals surface area contributed by atoms with Gasteiger partial charge >= 0.3 is 0 Å². The minimum atomic E-state index is -1.67. The van der Waals surface area contributed by atoms with Gasteiger partial charge in [-0.15, -0.1) is 0 Å². The molecule has 0 aromatic carbocycles. The van der Waals surface area contributed by atoms with E-state index in [2.05, 4.69) is 27.1 Å². The lowest BCUT2D eigenvalue weighted by Gasteiger charge is -1.50. The molecule has 0 bridgehead atoms. The van der Waals surface area contributed by atoms with Gasteiger partial charge in [0.2, 0.25) is 15.6 Å². The first-order valence-electron chi connectivity index (χ1n) is 1.04. The quantitative estimate of drug-likeness (QED) is 0.409. The fourth-order valence-corrected chi connectivity index (χ4v) is 0. The molecule has 0 aliphatic rings. The predicted octanol–water partition coefficient (Wildman–Crippen LogP) is 0.144. The smallest absolute Gasteiger partial charge is 0.211 e. The van der Waals surface area contributed by atoms with Crippen LogP contribution in [0, 0.1) is 0 Å². The third kappa shape index (κ3) is 2730. The van der Waals surface area contributed by atoms with E-state index >= 15 is 0 Å². The molecule has 0 radical (unpaired) electrons. The molecule has 0 rings (SSSR count). The van der Waals surface area contributed by atoms with Gasteiger partial charge in [-0.05, 0) is 0 Å². The Morgan fingerprint density at radius 3 is 1.57 bits per heavy atom. The summed E-state index contributed by atoms with van der Waals surface area (Å²) >= 11 is 0. The van der Waals surface area contributed by atoms with Gasteiger partial charge in [0.15, 0.2) is 0 Å². The highest BCUT2D eigenvalue weighted by Crippen LogP contribution is 1.89. The summed E-state index contributed by atoms with van der Waals surface area (Å²) in [7, 11) is 7.36. The van der Waals surface area contributed by atoms with Crippen molar-refractivity contribution in [1.29, 1.82) is 0 Å². The Kier molecular flexibility index (Phi) is 13.9. The molecule has 0 aromatic rings. The Morgan fingerprint density at radius 1 is 1.57 bits per heavy atom. The zero-order chi connectivity index (χ0) is 6.28. The van der Waals surface area contributed by atoms with Crippen molar-refractivity contribution >= 4 is 37.0 Å². The minimum Gasteiger partial charge on any atom is -0.372 e. The topological polar surface area (TPSA) is 60.2 Å². The number of nitrogens with two attached hydrogens (primary N) is 1. The molecule has 0 unspecified atom stereocenters. The van der Waals surface area contributed by atoms with Crippen LogP contribution in [-0.4, -0.2) is 10.6 Å². The molecule has 6 heteroatoms. The van der Waals surface area contributed by atoms with E-state index in [9.17, 15) is 0 Å². The van der Waals surface area contributed by atoms with Gasteiger partial charge in [0, 0.05) is 21.4 Å². The van der Waals surface area contributed by atoms with Gasteiger partial charge in [0.05, 0.1) is 0 Å². The van der Waals surface area contributed by atoms with Crippen molar-refractivity contribution in [2.75, 3.05) is 0 Å². The first kappa shape index (κ1) is 10.2. The standard InChI is InChI=1S/CH3NO.Cl2OS/c2-1-3;1-4(2)3/h1H,(H2,2,3);. The van der Waals surface area contributed by atoms with Crippen LogP contribution in [0.5, 0.6) is 0 Å². The third-order valence-electron chi connectivity index (χ3n) is 0. The Morgan fingerprint density at radius 2 is 1.57 bits per heavy atom. The Labute approximate surface area is 52.2 Å². The van der Waals surface area contributed by atoms with E-state index in [0.717, 1.165) is 0 Å². The normalized spacial score (nSPS) is 6.71. The van der Waals surface area contributed by atoms with Crippen LogP contribution in [0.1, 0.15) is 0 Å². The van der Waals surface area contributed by atoms with Crippen molar-refractivity contribution in [3.8, 4) is 0 Å². The SMILES string of the molecule is NC=O.O=S(Cl)Cl. The number of hydrogen-bond donors (Lipinski definition) is 1. The highest BCUT2D eigenvalue weighted by molar-refractivity contribution is 8.26. The fraction of sp³-hybridized carbons (Fsp3) is 0. The lowest BCUT2D eigenvalue weighted by molar-refractivity contribution is -0.106. The summed E-state index contributed by atoms with van der Waals surface area (Å²) in [4.78, 5) is 8.58. The lowest BCUT2D eigenvalue weighted by Crippen LogP contribution is -1.82. The van der Waals surface area contributed by atoms with Crippen molar-refractivity contribution in [2.45, 2.75) is 0 Å². The molecule has 3 nitrogen and oxygen atoms in total. The molecule has 0 atom stereocenters. The molecule has 0 aromatic heterocycles. The summed E-state index contributed by atoms with van der Waals surface area (Å²) in [5.41, 5.74) is 4.17. The second-order valence-corrected chi connectivity index (χ2v) is 2.84. The minimum absolute atomic E-state index is 0.250. The number of primary amides is 1. The summed E-state index contributed by atoms with van der Waals surface area (Å²) in [6.45, 7) is 0. The number of hydrogen-bond acceptors (Lipinski definition) is 2. The van der Waals surface area contributed by atoms with Gasteiger partial charge in [0.1, 0.15) is 0 Å². The van der Waals surface area contributed by atoms with Gasteiger partial charge < -0.3 is 5.73 Å². The summed E-state index contributed by atoms with van der Waals surface area (Å²) in [5.74, 6) is 0. The number of halogens is 2. The number of carbonyl (C=O) groups excluding carboxylic acids is 1. The van der Waals surface area contributed by atoms with E-state index in [1.807, 2.05) is 0 Å². The molecule has 0 aliphatic carbocycles. The van der Waals surface area contributed by atoms with Crippen LogP contribution < -0.4 is 5.73 Å². The monoisotopic (exact) mass is 163 g/mol. The van der Waals surface area contributed by atoms with Crippen molar-refractivity contribution in [1.82, 2.24) is 0 Å². The average Bonchev–Trinajstić information content (AvgIpc) is 1.33. The van der Waals surface area contributed by atoms with Crippen LogP contribution in [0.25, 0.3) is 0 Å². The average molecular weight is 164 g/mol. The molecule has 0 fully saturated rings. The highest BCUT2D eigenvalue weighted by Gasteiger charge is 1.67. The summed E-state index contributed by atoms with van der Waals surface area (Å²) in [6.07, 6.45) is 0.250. The van der Waals surface area contributed by atoms with E-state index in [1.165, 1.54) is 0 Å². The van der Waals surface area contributed by atoms with E-state index in [4.69, 9.17) is 9.00 Å². The maximum Gasteiger partial charge on any atom is 0.211 e. The number of carbonyl (C=O) groups is 1. The first-order chi connectivity index (χ1) is 3.15. The second kappa shape index (κ2) is 9.50. The van der Waals surface area contributed by atoms with Gasteiger partial charge in [-0.3, -0.25) is 4.79 Å². The fourth-order valence-electron chi connectivity index (χ4n) is 0. The van der Waals surface area contributed by atoms with Gasteiger partial charge in [0.25, 0.3) is 0 Å². The van der Waals surface area contributed by atoms with E-state index in [-0.39, 0.29) is 6.41 Å². The van der Waals surface area contributed by atoms with E-state index in [0.29, 0.717) is 0 Å². The largest absolute Gasteiger partial charge is 0.372 e. The van der Waals surface area contributed by atoms with Crippen LogP contribution in [0.3, 0.4) is 0 Å². The Bertz CT molecular complexity index is 62.7. The molecule has 1 amide bonds. The van der Waals surface area contributed by atoms with Crippen molar-refractivity contribution in [2.24, 2.45) is 5.73 Å². The van der Waals surface area contributed by atoms with E-state index < -0.39 is 9.23 Å². The summed E-state index contributed by atoms with van der Waals surface area (Å²) in [5, 5.41) is 0. The Balaban J connectivity index is 0. The molecule has 44 valence electrons. The third-order valence-corrected chi connectivity index (χ3v) is 0. The van der Waals surface area contributed by atoms with Gasteiger partial charge in [-0.25, -0.2) is 4.21 Å². The van der Waals surface area contributed by atoms with E-state index in [1.54, 1.807) is 0 Å². The summed E-state index contributed by atoms with van der Waals surface area (Å²) in [6, 6.07) is 0. The Hall–Kier alpha value is 0.200. The van der Waals surface area contributed by atoms with Crippen molar-refractivity contribution in [3.05, 3.63) is 0 Å². The molecule has 0 spiro atoms. The maximum absolute atomic E-state index is 9.09. The second-order valence-electron chi connectivity index (χ2n) is 0.320. The molecular formula is CH3Cl2NO2S. The van der Waals surface area contributed by atoms with Gasteiger partial charge in [-0.1, -0.05) is 0 Å². The zero-order valence-electron chi connectivity index (χ0n) is 3.14. The summed E-state index contributed by atoms with van der Waals surface area (Å²) < 4.78 is 9.09. The number of rotatable bonds is 0. The molecular weight excluding hydrogens is 161 g/mol. The molecule has 2 N–H and O–H groups in total. The first-order valence-corrected chi connectivity index (χ1v) is 3.85. The van der Waals surface area contributed by atoms with Crippen molar-refractivity contribution < 1.29 is 9.00 Å². The lowest BCUT2D eigenvalue weighted by atomic mass is 11.5. The maximum atomic E-state index is 9.09. The van der Waals surface area contributed by atoms with Crippen LogP contribution in [0.2, 0.25) is 0 Å². The van der Waals surface area contributed by atoms with Gasteiger partial charge in [-0.2, -0.15) is 0 Å². The molecule has 7 heavy (non-hydrogen) atoms. The van der Waals surface area contributed by atoms with Crippen LogP contribution >= 0.6 is 21.4 Å².